The summed E-state index contributed by atoms with van der Waals surface area (Å²) in [4.78, 5) is 35.3. The van der Waals surface area contributed by atoms with Gasteiger partial charge in [0.05, 0.1) is 16.9 Å². The van der Waals surface area contributed by atoms with E-state index >= 15 is 0 Å². The number of carbonyl (C=O) groups is 1. The number of hydrogen-bond acceptors (Lipinski definition) is 4. The highest BCUT2D eigenvalue weighted by Gasteiger charge is 2.11. The van der Waals surface area contributed by atoms with Crippen molar-refractivity contribution in [3.8, 4) is 0 Å². The zero-order valence-electron chi connectivity index (χ0n) is 13.3. The maximum absolute atomic E-state index is 12.1. The first-order valence-electron chi connectivity index (χ1n) is 7.81. The summed E-state index contributed by atoms with van der Waals surface area (Å²) in [6, 6.07) is 10.8. The molecule has 0 spiro atoms. The molecule has 0 unspecified atom stereocenters. The van der Waals surface area contributed by atoms with Crippen LogP contribution in [0.15, 0.2) is 53.6 Å². The van der Waals surface area contributed by atoms with E-state index in [-0.39, 0.29) is 23.9 Å². The van der Waals surface area contributed by atoms with Gasteiger partial charge < -0.3 is 10.3 Å². The Morgan fingerprint density at radius 2 is 2.08 bits per heavy atom. The first-order chi connectivity index (χ1) is 11.6. The fraction of sp³-hybridized carbons (Fsp3) is 0.222. The summed E-state index contributed by atoms with van der Waals surface area (Å²) < 4.78 is 0. The smallest absolute Gasteiger partial charge is 0.258 e. The SMILES string of the molecule is C[C@@H](NC(=O)CCc1nc2ccccc2c(=O)[nH]1)c1cccnc1. The Morgan fingerprint density at radius 1 is 1.25 bits per heavy atom. The number of aryl methyl sites for hydroxylation is 1. The summed E-state index contributed by atoms with van der Waals surface area (Å²) in [5.41, 5.74) is 1.41. The van der Waals surface area contributed by atoms with E-state index in [9.17, 15) is 9.59 Å². The van der Waals surface area contributed by atoms with E-state index in [0.717, 1.165) is 5.56 Å². The van der Waals surface area contributed by atoms with Gasteiger partial charge in [-0.05, 0) is 30.7 Å². The molecule has 3 rings (SSSR count). The first kappa shape index (κ1) is 15.9. The van der Waals surface area contributed by atoms with Crippen molar-refractivity contribution in [3.63, 3.8) is 0 Å². The van der Waals surface area contributed by atoms with Gasteiger partial charge in [-0.2, -0.15) is 0 Å². The average molecular weight is 322 g/mol. The van der Waals surface area contributed by atoms with Crippen molar-refractivity contribution >= 4 is 16.8 Å². The number of para-hydroxylation sites is 1. The number of fused-ring (bicyclic) bond motifs is 1. The predicted octanol–water partition coefficient (Wildman–Crippen LogP) is 2.13. The standard InChI is InChI=1S/C18H18N4O2/c1-12(13-5-4-10-19-11-13)20-17(23)9-8-16-21-15-7-3-2-6-14(15)18(24)22-16/h2-7,10-12H,8-9H2,1H3,(H,20,23)(H,21,22,24)/t12-/m1/s1. The van der Waals surface area contributed by atoms with Crippen LogP contribution in [0.3, 0.4) is 0 Å². The van der Waals surface area contributed by atoms with Crippen molar-refractivity contribution in [1.82, 2.24) is 20.3 Å². The Labute approximate surface area is 139 Å². The molecule has 1 amide bonds. The molecule has 0 bridgehead atoms. The third-order valence-corrected chi connectivity index (χ3v) is 3.81. The number of hydrogen-bond donors (Lipinski definition) is 2. The number of pyridine rings is 1. The maximum Gasteiger partial charge on any atom is 0.258 e. The van der Waals surface area contributed by atoms with Gasteiger partial charge in [0.2, 0.25) is 5.91 Å². The summed E-state index contributed by atoms with van der Waals surface area (Å²) in [5.74, 6) is 0.421. The minimum Gasteiger partial charge on any atom is -0.350 e. The largest absolute Gasteiger partial charge is 0.350 e. The second-order valence-electron chi connectivity index (χ2n) is 5.61. The summed E-state index contributed by atoms with van der Waals surface area (Å²) in [5, 5.41) is 3.47. The molecule has 3 aromatic rings. The Hall–Kier alpha value is -3.02. The quantitative estimate of drug-likeness (QED) is 0.753. The van der Waals surface area contributed by atoms with E-state index < -0.39 is 0 Å². The Kier molecular flexibility index (Phi) is 4.65. The molecule has 1 aromatic carbocycles. The molecule has 2 aromatic heterocycles. The summed E-state index contributed by atoms with van der Waals surface area (Å²) >= 11 is 0. The number of amides is 1. The lowest BCUT2D eigenvalue weighted by atomic mass is 10.1. The van der Waals surface area contributed by atoms with Gasteiger partial charge in [-0.25, -0.2) is 4.98 Å². The van der Waals surface area contributed by atoms with Crippen LogP contribution in [0.1, 0.15) is 30.8 Å². The highest BCUT2D eigenvalue weighted by molar-refractivity contribution is 5.78. The number of nitrogens with one attached hydrogen (secondary N) is 2. The monoisotopic (exact) mass is 322 g/mol. The van der Waals surface area contributed by atoms with E-state index in [2.05, 4.69) is 20.3 Å². The average Bonchev–Trinajstić information content (AvgIpc) is 2.61. The van der Waals surface area contributed by atoms with Crippen molar-refractivity contribution in [2.45, 2.75) is 25.8 Å². The molecule has 2 heterocycles. The van der Waals surface area contributed by atoms with Crippen molar-refractivity contribution in [3.05, 3.63) is 70.5 Å². The number of aromatic nitrogens is 3. The number of nitrogens with zero attached hydrogens (tertiary/aromatic N) is 2. The number of carbonyl (C=O) groups excluding carboxylic acids is 1. The highest BCUT2D eigenvalue weighted by atomic mass is 16.1. The van der Waals surface area contributed by atoms with Crippen LogP contribution < -0.4 is 10.9 Å². The molecular formula is C18H18N4O2. The molecule has 0 radical (unpaired) electrons. The topological polar surface area (TPSA) is 87.7 Å². The van der Waals surface area contributed by atoms with Gasteiger partial charge in [-0.1, -0.05) is 18.2 Å². The molecular weight excluding hydrogens is 304 g/mol. The normalized spacial score (nSPS) is 12.0. The lowest BCUT2D eigenvalue weighted by Gasteiger charge is -2.13. The van der Waals surface area contributed by atoms with Gasteiger partial charge in [0.15, 0.2) is 0 Å². The van der Waals surface area contributed by atoms with Gasteiger partial charge in [0.25, 0.3) is 5.56 Å². The number of aromatic amines is 1. The molecule has 24 heavy (non-hydrogen) atoms. The third kappa shape index (κ3) is 3.65. The third-order valence-electron chi connectivity index (χ3n) is 3.81. The van der Waals surface area contributed by atoms with Crippen LogP contribution in [0.25, 0.3) is 10.9 Å². The van der Waals surface area contributed by atoms with Crippen molar-refractivity contribution in [2.75, 3.05) is 0 Å². The van der Waals surface area contributed by atoms with Crippen LogP contribution in [0, 0.1) is 0 Å². The molecule has 1 atom stereocenters. The van der Waals surface area contributed by atoms with Gasteiger partial charge >= 0.3 is 0 Å². The lowest BCUT2D eigenvalue weighted by molar-refractivity contribution is -0.121. The van der Waals surface area contributed by atoms with Crippen LogP contribution in [0.5, 0.6) is 0 Å². The molecule has 0 aliphatic carbocycles. The van der Waals surface area contributed by atoms with E-state index in [1.165, 1.54) is 0 Å². The van der Waals surface area contributed by atoms with Crippen LogP contribution in [-0.4, -0.2) is 20.9 Å². The molecule has 2 N–H and O–H groups in total. The van der Waals surface area contributed by atoms with Crippen molar-refractivity contribution in [2.24, 2.45) is 0 Å². The van der Waals surface area contributed by atoms with Crippen LogP contribution >= 0.6 is 0 Å². The van der Waals surface area contributed by atoms with E-state index in [0.29, 0.717) is 23.1 Å². The van der Waals surface area contributed by atoms with E-state index in [4.69, 9.17) is 0 Å². The Bertz CT molecular complexity index is 906. The first-order valence-corrected chi connectivity index (χ1v) is 7.81. The summed E-state index contributed by atoms with van der Waals surface area (Å²) in [7, 11) is 0. The molecule has 0 aliphatic heterocycles. The molecule has 6 heteroatoms. The molecule has 6 nitrogen and oxygen atoms in total. The maximum atomic E-state index is 12.1. The molecule has 0 saturated carbocycles. The fourth-order valence-electron chi connectivity index (χ4n) is 2.51. The molecule has 0 aliphatic rings. The predicted molar refractivity (Wildman–Crippen MR) is 91.5 cm³/mol. The minimum atomic E-state index is -0.181. The zero-order valence-corrected chi connectivity index (χ0v) is 13.3. The fourth-order valence-corrected chi connectivity index (χ4v) is 2.51. The van der Waals surface area contributed by atoms with Crippen molar-refractivity contribution in [1.29, 1.82) is 0 Å². The minimum absolute atomic E-state index is 0.0952. The lowest BCUT2D eigenvalue weighted by Crippen LogP contribution is -2.27. The van der Waals surface area contributed by atoms with Crippen LogP contribution in [0.2, 0.25) is 0 Å². The van der Waals surface area contributed by atoms with Crippen LogP contribution in [-0.2, 0) is 11.2 Å². The number of H-pyrrole nitrogens is 1. The second-order valence-corrected chi connectivity index (χ2v) is 5.61. The molecule has 0 fully saturated rings. The van der Waals surface area contributed by atoms with Crippen molar-refractivity contribution < 1.29 is 4.79 Å². The zero-order chi connectivity index (χ0) is 16.9. The number of rotatable bonds is 5. The van der Waals surface area contributed by atoms with Gasteiger partial charge in [-0.15, -0.1) is 0 Å². The van der Waals surface area contributed by atoms with Gasteiger partial charge in [0.1, 0.15) is 5.82 Å². The molecule has 122 valence electrons. The summed E-state index contributed by atoms with van der Waals surface area (Å²) in [6.45, 7) is 1.91. The van der Waals surface area contributed by atoms with E-state index in [1.54, 1.807) is 30.6 Å². The number of benzene rings is 1. The van der Waals surface area contributed by atoms with Gasteiger partial charge in [0, 0.05) is 25.2 Å². The van der Waals surface area contributed by atoms with Crippen LogP contribution in [0.4, 0.5) is 0 Å². The highest BCUT2D eigenvalue weighted by Crippen LogP contribution is 2.10. The van der Waals surface area contributed by atoms with Gasteiger partial charge in [-0.3, -0.25) is 14.6 Å². The second kappa shape index (κ2) is 7.04. The van der Waals surface area contributed by atoms with E-state index in [1.807, 2.05) is 25.1 Å². The Balaban J connectivity index is 1.63. The summed E-state index contributed by atoms with van der Waals surface area (Å²) in [6.07, 6.45) is 4.06. The Morgan fingerprint density at radius 3 is 2.88 bits per heavy atom. The molecule has 0 saturated heterocycles.